The van der Waals surface area contributed by atoms with Crippen molar-refractivity contribution in [2.24, 2.45) is 0 Å². The second kappa shape index (κ2) is 15.5. The Balaban J connectivity index is 0.878. The molecule has 12 aromatic carbocycles. The van der Waals surface area contributed by atoms with Gasteiger partial charge in [-0.2, -0.15) is 0 Å². The maximum Gasteiger partial charge on any atom is 0.0726 e. The fourth-order valence-electron chi connectivity index (χ4n) is 14.6. The minimum Gasteiger partial charge on any atom is -0.310 e. The molecule has 0 atom stereocenters. The molecule has 0 radical (unpaired) electrons. The highest BCUT2D eigenvalue weighted by molar-refractivity contribution is 6.00. The minimum atomic E-state index is -0.464. The molecular weight excluding hydrogens is 915 g/mol. The first kappa shape index (κ1) is 43.4. The lowest BCUT2D eigenvalue weighted by Gasteiger charge is -2.33. The summed E-state index contributed by atoms with van der Waals surface area (Å²) in [6.45, 7) is 9.68. The van der Waals surface area contributed by atoms with Crippen molar-refractivity contribution in [3.63, 3.8) is 0 Å². The summed E-state index contributed by atoms with van der Waals surface area (Å²) < 4.78 is 0. The van der Waals surface area contributed by atoms with Crippen molar-refractivity contribution < 1.29 is 0 Å². The van der Waals surface area contributed by atoms with Crippen molar-refractivity contribution in [1.29, 1.82) is 0 Å². The van der Waals surface area contributed by atoms with Gasteiger partial charge in [0, 0.05) is 27.9 Å². The summed E-state index contributed by atoms with van der Waals surface area (Å²) in [5.74, 6) is 0. The van der Waals surface area contributed by atoms with E-state index >= 15 is 0 Å². The van der Waals surface area contributed by atoms with E-state index in [2.05, 4.69) is 281 Å². The van der Waals surface area contributed by atoms with Gasteiger partial charge in [-0.3, -0.25) is 0 Å². The Morgan fingerprint density at radius 1 is 0.237 bits per heavy atom. The molecule has 0 bridgehead atoms. The molecular formula is C75H53N. The van der Waals surface area contributed by atoms with Crippen LogP contribution in [0.4, 0.5) is 17.1 Å². The van der Waals surface area contributed by atoms with E-state index in [1.807, 2.05) is 0 Å². The first-order valence-electron chi connectivity index (χ1n) is 27.0. The molecule has 0 saturated heterocycles. The molecule has 0 amide bonds. The van der Waals surface area contributed by atoms with Gasteiger partial charge in [0.1, 0.15) is 0 Å². The molecule has 0 N–H and O–H groups in total. The van der Waals surface area contributed by atoms with Crippen LogP contribution in [0.5, 0.6) is 0 Å². The maximum atomic E-state index is 2.56. The van der Waals surface area contributed by atoms with Gasteiger partial charge in [-0.1, -0.05) is 222 Å². The van der Waals surface area contributed by atoms with Crippen molar-refractivity contribution in [3.8, 4) is 66.8 Å². The van der Waals surface area contributed by atoms with Crippen LogP contribution in [0.3, 0.4) is 0 Å². The number of anilines is 3. The SMILES string of the molecule is CC1(C)c2cc(-c3ccc4ccccc4c3)ccc2-c2ccc(N(c3ccc4c(c3)C(C)(C)c3cc(-c5cccc6ccccc56)ccc3-4)c3ccc4c(c3)C3(c5ccccc5-c5ccccc53)c3ccccc3-4)cc21. The van der Waals surface area contributed by atoms with E-state index in [0.717, 1.165) is 17.1 Å². The number of hydrogen-bond acceptors (Lipinski definition) is 1. The first-order valence-corrected chi connectivity index (χ1v) is 27.0. The summed E-state index contributed by atoms with van der Waals surface area (Å²) in [6, 6.07) is 94.6. The lowest BCUT2D eigenvalue weighted by Crippen LogP contribution is -2.26. The third kappa shape index (κ3) is 5.80. The predicted octanol–water partition coefficient (Wildman–Crippen LogP) is 19.8. The lowest BCUT2D eigenvalue weighted by molar-refractivity contribution is 0.660. The smallest absolute Gasteiger partial charge is 0.0726 e. The molecule has 4 aliphatic carbocycles. The molecule has 0 heterocycles. The van der Waals surface area contributed by atoms with Gasteiger partial charge in [0.05, 0.1) is 5.41 Å². The topological polar surface area (TPSA) is 3.24 Å². The molecule has 0 aliphatic heterocycles. The van der Waals surface area contributed by atoms with Gasteiger partial charge in [-0.15, -0.1) is 0 Å². The van der Waals surface area contributed by atoms with Crippen LogP contribution in [0.25, 0.3) is 88.3 Å². The van der Waals surface area contributed by atoms with Crippen LogP contribution in [0, 0.1) is 0 Å². The third-order valence-corrected chi connectivity index (χ3v) is 18.3. The second-order valence-electron chi connectivity index (χ2n) is 22.8. The van der Waals surface area contributed by atoms with Crippen LogP contribution in [0.1, 0.15) is 72.2 Å². The zero-order chi connectivity index (χ0) is 50.7. The summed E-state index contributed by atoms with van der Waals surface area (Å²) in [5, 5.41) is 5.08. The van der Waals surface area contributed by atoms with Crippen LogP contribution in [-0.4, -0.2) is 0 Å². The fourth-order valence-corrected chi connectivity index (χ4v) is 14.6. The molecule has 0 saturated carbocycles. The standard InChI is InChI=1S/C75H53N/c1-73(2)68-41-50(49-29-28-46-16-5-6-18-48(46)40-49)30-35-60(68)62-37-32-52(43-70(62)73)76(53-33-38-63-61-36-31-51(42-69(61)74(3,4)71(63)44-53)56-24-15-19-47-17-7-8-20-55(47)56)54-34-39-64-59-23-11-14-27-67(59)75(72(64)45-54)65-25-12-9-21-57(65)58-22-10-13-26-66(58)75/h5-45H,1-4H3. The maximum absolute atomic E-state index is 2.56. The van der Waals surface area contributed by atoms with Crippen molar-refractivity contribution in [3.05, 3.63) is 293 Å². The van der Waals surface area contributed by atoms with E-state index in [-0.39, 0.29) is 10.8 Å². The normalized spacial score (nSPS) is 14.9. The molecule has 16 rings (SSSR count). The number of rotatable bonds is 5. The Bertz CT molecular complexity index is 4420. The molecule has 0 aromatic heterocycles. The fraction of sp³-hybridized carbons (Fsp3) is 0.0933. The van der Waals surface area contributed by atoms with Crippen molar-refractivity contribution in [2.45, 2.75) is 43.9 Å². The zero-order valence-electron chi connectivity index (χ0n) is 43.1. The van der Waals surface area contributed by atoms with Gasteiger partial charge < -0.3 is 4.90 Å². The Kier molecular flexibility index (Phi) is 8.85. The van der Waals surface area contributed by atoms with Gasteiger partial charge in [0.15, 0.2) is 0 Å². The Morgan fingerprint density at radius 3 is 1.18 bits per heavy atom. The van der Waals surface area contributed by atoms with Crippen LogP contribution in [-0.2, 0) is 16.2 Å². The van der Waals surface area contributed by atoms with Crippen molar-refractivity contribution in [2.75, 3.05) is 4.90 Å². The van der Waals surface area contributed by atoms with Gasteiger partial charge in [-0.05, 0) is 187 Å². The quantitative estimate of drug-likeness (QED) is 0.166. The van der Waals surface area contributed by atoms with Crippen LogP contribution < -0.4 is 4.90 Å². The Morgan fingerprint density at radius 2 is 0.605 bits per heavy atom. The number of hydrogen-bond donors (Lipinski definition) is 0. The summed E-state index contributed by atoms with van der Waals surface area (Å²) in [7, 11) is 0. The number of benzene rings is 12. The molecule has 0 unspecified atom stereocenters. The van der Waals surface area contributed by atoms with Gasteiger partial charge in [0.25, 0.3) is 0 Å². The lowest BCUT2D eigenvalue weighted by atomic mass is 9.70. The van der Waals surface area contributed by atoms with Gasteiger partial charge in [0.2, 0.25) is 0 Å². The Hall–Kier alpha value is -9.04. The van der Waals surface area contributed by atoms with Gasteiger partial charge >= 0.3 is 0 Å². The van der Waals surface area contributed by atoms with E-state index < -0.39 is 5.41 Å². The van der Waals surface area contributed by atoms with Crippen LogP contribution >= 0.6 is 0 Å². The Labute approximate surface area is 445 Å². The average molecular weight is 968 g/mol. The second-order valence-corrected chi connectivity index (χ2v) is 22.8. The van der Waals surface area contributed by atoms with E-state index in [1.54, 1.807) is 0 Å². The molecule has 4 aliphatic rings. The molecule has 1 spiro atoms. The number of fused-ring (bicyclic) bond motifs is 18. The minimum absolute atomic E-state index is 0.247. The first-order chi connectivity index (χ1) is 37.2. The highest BCUT2D eigenvalue weighted by Crippen LogP contribution is 2.64. The summed E-state index contributed by atoms with van der Waals surface area (Å²) in [6.07, 6.45) is 0. The number of nitrogens with zero attached hydrogens (tertiary/aromatic N) is 1. The molecule has 12 aromatic rings. The molecule has 358 valence electrons. The molecule has 0 fully saturated rings. The zero-order valence-corrected chi connectivity index (χ0v) is 43.1. The summed E-state index contributed by atoms with van der Waals surface area (Å²) in [5.41, 5.74) is 28.8. The predicted molar refractivity (Wildman–Crippen MR) is 318 cm³/mol. The highest BCUT2D eigenvalue weighted by atomic mass is 15.1. The molecule has 76 heavy (non-hydrogen) atoms. The monoisotopic (exact) mass is 967 g/mol. The van der Waals surface area contributed by atoms with Crippen LogP contribution in [0.15, 0.2) is 249 Å². The van der Waals surface area contributed by atoms with Crippen molar-refractivity contribution >= 4 is 38.6 Å². The summed E-state index contributed by atoms with van der Waals surface area (Å²) >= 11 is 0. The van der Waals surface area contributed by atoms with E-state index in [1.165, 1.54) is 133 Å². The van der Waals surface area contributed by atoms with Crippen molar-refractivity contribution in [1.82, 2.24) is 0 Å². The molecule has 1 nitrogen and oxygen atoms in total. The molecule has 1 heteroatoms. The van der Waals surface area contributed by atoms with E-state index in [0.29, 0.717) is 0 Å². The van der Waals surface area contributed by atoms with Crippen LogP contribution in [0.2, 0.25) is 0 Å². The third-order valence-electron chi connectivity index (χ3n) is 18.3. The highest BCUT2D eigenvalue weighted by Gasteiger charge is 2.52. The van der Waals surface area contributed by atoms with E-state index in [9.17, 15) is 0 Å². The average Bonchev–Trinajstić information content (AvgIpc) is 4.16. The summed E-state index contributed by atoms with van der Waals surface area (Å²) in [4.78, 5) is 2.56. The van der Waals surface area contributed by atoms with E-state index in [4.69, 9.17) is 0 Å². The van der Waals surface area contributed by atoms with Gasteiger partial charge in [-0.25, -0.2) is 0 Å². The largest absolute Gasteiger partial charge is 0.310 e.